The number of hydrogen-bond donors (Lipinski definition) is 4. The average molecular weight is 340 g/mol. The first-order valence-corrected chi connectivity index (χ1v) is 8.38. The van der Waals surface area contributed by atoms with Gasteiger partial charge in [0.15, 0.2) is 0 Å². The van der Waals surface area contributed by atoms with E-state index in [-0.39, 0.29) is 0 Å². The van der Waals surface area contributed by atoms with Crippen LogP contribution in [0.5, 0.6) is 0 Å². The van der Waals surface area contributed by atoms with Crippen LogP contribution in [0.4, 0.5) is 23.3 Å². The summed E-state index contributed by atoms with van der Waals surface area (Å²) in [6.07, 6.45) is 0. The van der Waals surface area contributed by atoms with Crippen LogP contribution in [-0.4, -0.2) is 19.9 Å². The van der Waals surface area contributed by atoms with E-state index in [9.17, 15) is 0 Å². The maximum absolute atomic E-state index is 4.57. The zero-order chi connectivity index (χ0) is 17.3. The lowest BCUT2D eigenvalue weighted by molar-refractivity contribution is 1.29. The maximum Gasteiger partial charge on any atom is 0.205 e. The molecule has 0 fully saturated rings. The molecule has 5 aromatic rings. The van der Waals surface area contributed by atoms with Gasteiger partial charge in [0, 0.05) is 0 Å². The molecule has 0 saturated heterocycles. The van der Waals surface area contributed by atoms with Crippen molar-refractivity contribution in [3.05, 3.63) is 72.8 Å². The van der Waals surface area contributed by atoms with Gasteiger partial charge in [-0.1, -0.05) is 36.4 Å². The van der Waals surface area contributed by atoms with Gasteiger partial charge in [-0.15, -0.1) is 0 Å². The van der Waals surface area contributed by atoms with Crippen LogP contribution < -0.4 is 10.6 Å². The third kappa shape index (κ3) is 2.63. The average Bonchev–Trinajstić information content (AvgIpc) is 3.26. The molecule has 26 heavy (non-hydrogen) atoms. The Bertz CT molecular complexity index is 1040. The second-order valence-corrected chi connectivity index (χ2v) is 6.00. The Morgan fingerprint density at radius 1 is 0.538 bits per heavy atom. The molecular formula is C20H16N6. The standard InChI is InChI=1S/C20H16N6/c1-2-8-14-13(7-1)21-19(22-14)25-17-11-5-6-12-18(17)26-20-23-15-9-3-4-10-16(15)24-20/h1-12H,(H2,21,22,25)(H2,23,24,26). The van der Waals surface area contributed by atoms with Gasteiger partial charge in [0.25, 0.3) is 0 Å². The Morgan fingerprint density at radius 2 is 0.962 bits per heavy atom. The summed E-state index contributed by atoms with van der Waals surface area (Å²) in [5, 5.41) is 6.69. The Morgan fingerprint density at radius 3 is 1.42 bits per heavy atom. The first kappa shape index (κ1) is 14.5. The lowest BCUT2D eigenvalue weighted by Gasteiger charge is -2.10. The number of nitrogens with one attached hydrogen (secondary N) is 4. The van der Waals surface area contributed by atoms with Gasteiger partial charge in [0.2, 0.25) is 11.9 Å². The summed E-state index contributed by atoms with van der Waals surface area (Å²) in [4.78, 5) is 15.7. The number of imidazole rings is 2. The van der Waals surface area contributed by atoms with Crippen LogP contribution in [0, 0.1) is 0 Å². The fourth-order valence-electron chi connectivity index (χ4n) is 2.98. The van der Waals surface area contributed by atoms with Crippen LogP contribution in [0.25, 0.3) is 22.1 Å². The molecule has 0 aliphatic carbocycles. The minimum Gasteiger partial charge on any atom is -0.324 e. The number of hydrogen-bond acceptors (Lipinski definition) is 4. The third-order valence-electron chi connectivity index (χ3n) is 4.21. The first-order chi connectivity index (χ1) is 12.8. The highest BCUT2D eigenvalue weighted by molar-refractivity contribution is 5.83. The van der Waals surface area contributed by atoms with Crippen molar-refractivity contribution < 1.29 is 0 Å². The number of aromatic nitrogens is 4. The topological polar surface area (TPSA) is 81.4 Å². The van der Waals surface area contributed by atoms with Gasteiger partial charge in [0.05, 0.1) is 33.4 Å². The van der Waals surface area contributed by atoms with Crippen molar-refractivity contribution in [3.8, 4) is 0 Å². The van der Waals surface area contributed by atoms with Crippen LogP contribution in [0.1, 0.15) is 0 Å². The predicted molar refractivity (Wildman–Crippen MR) is 105 cm³/mol. The highest BCUT2D eigenvalue weighted by atomic mass is 15.2. The molecule has 6 heteroatoms. The van der Waals surface area contributed by atoms with Crippen molar-refractivity contribution in [1.82, 2.24) is 19.9 Å². The number of anilines is 4. The number of aromatic amines is 2. The quantitative estimate of drug-likeness (QED) is 0.374. The minimum atomic E-state index is 0.699. The van der Waals surface area contributed by atoms with Crippen molar-refractivity contribution >= 4 is 45.3 Å². The third-order valence-corrected chi connectivity index (χ3v) is 4.21. The van der Waals surface area contributed by atoms with E-state index in [1.165, 1.54) is 0 Å². The predicted octanol–water partition coefficient (Wildman–Crippen LogP) is 4.93. The van der Waals surface area contributed by atoms with E-state index in [1.807, 2.05) is 72.8 Å². The summed E-state index contributed by atoms with van der Waals surface area (Å²) in [5.41, 5.74) is 5.67. The Kier molecular flexibility index (Phi) is 3.31. The van der Waals surface area contributed by atoms with Crippen LogP contribution >= 0.6 is 0 Å². The Labute approximate surface area is 149 Å². The zero-order valence-corrected chi connectivity index (χ0v) is 13.8. The highest BCUT2D eigenvalue weighted by Gasteiger charge is 2.08. The van der Waals surface area contributed by atoms with Crippen molar-refractivity contribution in [2.45, 2.75) is 0 Å². The van der Waals surface area contributed by atoms with Crippen molar-refractivity contribution in [2.24, 2.45) is 0 Å². The number of nitrogens with zero attached hydrogens (tertiary/aromatic N) is 2. The number of H-pyrrole nitrogens is 2. The molecule has 3 aromatic carbocycles. The van der Waals surface area contributed by atoms with Crippen LogP contribution in [0.2, 0.25) is 0 Å². The SMILES string of the molecule is c1ccc(Nc2nc3ccccc3[nH]2)c(Nc2nc3ccccc3[nH]2)c1. The zero-order valence-electron chi connectivity index (χ0n) is 13.8. The molecular weight excluding hydrogens is 324 g/mol. The highest BCUT2D eigenvalue weighted by Crippen LogP contribution is 2.28. The summed E-state index contributed by atoms with van der Waals surface area (Å²) in [5.74, 6) is 1.40. The molecule has 126 valence electrons. The summed E-state index contributed by atoms with van der Waals surface area (Å²) in [6, 6.07) is 23.9. The molecule has 0 aliphatic heterocycles. The van der Waals surface area contributed by atoms with E-state index in [0.29, 0.717) is 11.9 Å². The number of para-hydroxylation sites is 6. The van der Waals surface area contributed by atoms with E-state index < -0.39 is 0 Å². The van der Waals surface area contributed by atoms with Crippen molar-refractivity contribution in [1.29, 1.82) is 0 Å². The number of benzene rings is 3. The number of rotatable bonds is 4. The van der Waals surface area contributed by atoms with Gasteiger partial charge in [-0.25, -0.2) is 9.97 Å². The molecule has 0 amide bonds. The summed E-state index contributed by atoms with van der Waals surface area (Å²) >= 11 is 0. The molecule has 5 rings (SSSR count). The summed E-state index contributed by atoms with van der Waals surface area (Å²) in [6.45, 7) is 0. The van der Waals surface area contributed by atoms with Crippen molar-refractivity contribution in [2.75, 3.05) is 10.6 Å². The fourth-order valence-corrected chi connectivity index (χ4v) is 2.98. The molecule has 0 spiro atoms. The van der Waals surface area contributed by atoms with E-state index >= 15 is 0 Å². The van der Waals surface area contributed by atoms with E-state index in [2.05, 4.69) is 30.6 Å². The number of fused-ring (bicyclic) bond motifs is 2. The van der Waals surface area contributed by atoms with Gasteiger partial charge in [0.1, 0.15) is 0 Å². The molecule has 0 unspecified atom stereocenters. The minimum absolute atomic E-state index is 0.699. The maximum atomic E-state index is 4.57. The van der Waals surface area contributed by atoms with Crippen molar-refractivity contribution in [3.63, 3.8) is 0 Å². The molecule has 2 aromatic heterocycles. The molecule has 0 atom stereocenters. The molecule has 0 aliphatic rings. The van der Waals surface area contributed by atoms with Crippen LogP contribution in [-0.2, 0) is 0 Å². The second-order valence-electron chi connectivity index (χ2n) is 6.00. The van der Waals surface area contributed by atoms with E-state index in [1.54, 1.807) is 0 Å². The largest absolute Gasteiger partial charge is 0.324 e. The first-order valence-electron chi connectivity index (χ1n) is 8.38. The molecule has 0 saturated carbocycles. The van der Waals surface area contributed by atoms with Gasteiger partial charge < -0.3 is 20.6 Å². The summed E-state index contributed by atoms with van der Waals surface area (Å²) < 4.78 is 0. The smallest absolute Gasteiger partial charge is 0.205 e. The van der Waals surface area contributed by atoms with Crippen LogP contribution in [0.3, 0.4) is 0 Å². The normalized spacial score (nSPS) is 11.1. The molecule has 6 nitrogen and oxygen atoms in total. The summed E-state index contributed by atoms with van der Waals surface area (Å²) in [7, 11) is 0. The van der Waals surface area contributed by atoms with Gasteiger partial charge in [-0.3, -0.25) is 0 Å². The molecule has 2 heterocycles. The van der Waals surface area contributed by atoms with E-state index in [4.69, 9.17) is 0 Å². The molecule has 4 N–H and O–H groups in total. The van der Waals surface area contributed by atoms with E-state index in [0.717, 1.165) is 33.4 Å². The van der Waals surface area contributed by atoms with Gasteiger partial charge >= 0.3 is 0 Å². The fraction of sp³-hybridized carbons (Fsp3) is 0. The van der Waals surface area contributed by atoms with Crippen LogP contribution in [0.15, 0.2) is 72.8 Å². The lowest BCUT2D eigenvalue weighted by atomic mass is 10.2. The Hall–Kier alpha value is -3.80. The Balaban J connectivity index is 1.46. The van der Waals surface area contributed by atoms with Gasteiger partial charge in [-0.2, -0.15) is 0 Å². The lowest BCUT2D eigenvalue weighted by Crippen LogP contribution is -1.99. The molecule has 0 radical (unpaired) electrons. The molecule has 0 bridgehead atoms. The second kappa shape index (κ2) is 5.93. The monoisotopic (exact) mass is 340 g/mol. The van der Waals surface area contributed by atoms with Gasteiger partial charge in [-0.05, 0) is 36.4 Å².